The quantitative estimate of drug-likeness (QED) is 0.818. The fourth-order valence-electron chi connectivity index (χ4n) is 2.53. The van der Waals surface area contributed by atoms with Crippen molar-refractivity contribution in [1.29, 1.82) is 0 Å². The smallest absolute Gasteiger partial charge is 0.409 e. The first-order valence-corrected chi connectivity index (χ1v) is 7.90. The number of nitrogens with zero attached hydrogens (tertiary/aromatic N) is 4. The largest absolute Gasteiger partial charge is 0.450 e. The Hall–Kier alpha value is -2.58. The number of amides is 3. The number of aromatic nitrogens is 2. The van der Waals surface area contributed by atoms with E-state index in [0.717, 1.165) is 5.69 Å². The van der Waals surface area contributed by atoms with E-state index in [2.05, 4.69) is 10.4 Å². The van der Waals surface area contributed by atoms with Crippen molar-refractivity contribution in [3.63, 3.8) is 0 Å². The molecular weight excluding hydrogens is 314 g/mol. The normalized spacial score (nSPS) is 14.5. The Morgan fingerprint density at radius 3 is 2.38 bits per heavy atom. The van der Waals surface area contributed by atoms with E-state index >= 15 is 0 Å². The summed E-state index contributed by atoms with van der Waals surface area (Å²) >= 11 is 0. The minimum atomic E-state index is -0.357. The highest BCUT2D eigenvalue weighted by Crippen LogP contribution is 2.05. The van der Waals surface area contributed by atoms with E-state index < -0.39 is 0 Å². The van der Waals surface area contributed by atoms with Gasteiger partial charge in [0, 0.05) is 33.2 Å². The Balaban J connectivity index is 1.79. The molecule has 0 aromatic carbocycles. The van der Waals surface area contributed by atoms with E-state index in [1.54, 1.807) is 36.8 Å². The lowest BCUT2D eigenvalue weighted by Gasteiger charge is -2.34. The molecule has 2 rings (SSSR count). The SMILES string of the molecule is CCOC(=O)N1CCN(C(=O)CNC(=O)c2cc(C)nn2C)CC1. The topological polar surface area (TPSA) is 96.8 Å². The van der Waals surface area contributed by atoms with Gasteiger partial charge in [-0.15, -0.1) is 0 Å². The van der Waals surface area contributed by atoms with Crippen LogP contribution in [0.25, 0.3) is 0 Å². The molecule has 2 heterocycles. The number of carbonyl (C=O) groups is 3. The Morgan fingerprint density at radius 1 is 1.21 bits per heavy atom. The van der Waals surface area contributed by atoms with Crippen molar-refractivity contribution >= 4 is 17.9 Å². The molecule has 0 radical (unpaired) electrons. The van der Waals surface area contributed by atoms with Crippen molar-refractivity contribution in [2.45, 2.75) is 13.8 Å². The van der Waals surface area contributed by atoms with E-state index in [-0.39, 0.29) is 24.5 Å². The lowest BCUT2D eigenvalue weighted by molar-refractivity contribution is -0.131. The highest BCUT2D eigenvalue weighted by molar-refractivity contribution is 5.95. The number of rotatable bonds is 4. The molecule has 1 fully saturated rings. The second-order valence-electron chi connectivity index (χ2n) is 5.54. The van der Waals surface area contributed by atoms with Crippen LogP contribution < -0.4 is 5.32 Å². The predicted molar refractivity (Wildman–Crippen MR) is 85.5 cm³/mol. The molecule has 1 N–H and O–H groups in total. The van der Waals surface area contributed by atoms with Crippen molar-refractivity contribution in [3.05, 3.63) is 17.5 Å². The molecule has 3 amide bonds. The summed E-state index contributed by atoms with van der Waals surface area (Å²) in [5.41, 5.74) is 1.15. The fraction of sp³-hybridized carbons (Fsp3) is 0.600. The first-order chi connectivity index (χ1) is 11.4. The monoisotopic (exact) mass is 337 g/mol. The van der Waals surface area contributed by atoms with Gasteiger partial charge < -0.3 is 19.9 Å². The minimum absolute atomic E-state index is 0.0809. The molecule has 0 spiro atoms. The molecule has 0 unspecified atom stereocenters. The summed E-state index contributed by atoms with van der Waals surface area (Å²) in [7, 11) is 1.68. The third-order valence-electron chi connectivity index (χ3n) is 3.79. The van der Waals surface area contributed by atoms with E-state index in [4.69, 9.17) is 4.74 Å². The van der Waals surface area contributed by atoms with Crippen LogP contribution in [-0.4, -0.2) is 76.8 Å². The highest BCUT2D eigenvalue weighted by Gasteiger charge is 2.25. The van der Waals surface area contributed by atoms with Gasteiger partial charge in [-0.05, 0) is 19.9 Å². The van der Waals surface area contributed by atoms with Crippen LogP contribution >= 0.6 is 0 Å². The molecule has 24 heavy (non-hydrogen) atoms. The average molecular weight is 337 g/mol. The third kappa shape index (κ3) is 4.24. The number of aryl methyl sites for hydroxylation is 2. The van der Waals surface area contributed by atoms with Gasteiger partial charge in [-0.3, -0.25) is 14.3 Å². The van der Waals surface area contributed by atoms with Crippen LogP contribution in [0, 0.1) is 6.92 Å². The predicted octanol–water partition coefficient (Wildman–Crippen LogP) is -0.241. The van der Waals surface area contributed by atoms with Crippen molar-refractivity contribution in [1.82, 2.24) is 24.9 Å². The van der Waals surface area contributed by atoms with Crippen LogP contribution in [0.15, 0.2) is 6.07 Å². The number of ether oxygens (including phenoxy) is 1. The fourth-order valence-corrected chi connectivity index (χ4v) is 2.53. The van der Waals surface area contributed by atoms with E-state index in [0.29, 0.717) is 38.5 Å². The molecule has 0 aliphatic carbocycles. The summed E-state index contributed by atoms with van der Waals surface area (Å²) < 4.78 is 6.42. The van der Waals surface area contributed by atoms with Crippen molar-refractivity contribution in [2.24, 2.45) is 7.05 Å². The molecule has 9 nitrogen and oxygen atoms in total. The summed E-state index contributed by atoms with van der Waals surface area (Å²) in [5, 5.41) is 6.71. The molecule has 1 aromatic rings. The first-order valence-electron chi connectivity index (χ1n) is 7.90. The Morgan fingerprint density at radius 2 is 1.83 bits per heavy atom. The number of nitrogens with one attached hydrogen (secondary N) is 1. The van der Waals surface area contributed by atoms with Crippen molar-refractivity contribution in [3.8, 4) is 0 Å². The van der Waals surface area contributed by atoms with Crippen LogP contribution in [0.4, 0.5) is 4.79 Å². The van der Waals surface area contributed by atoms with E-state index in [9.17, 15) is 14.4 Å². The number of hydrogen-bond acceptors (Lipinski definition) is 5. The summed E-state index contributed by atoms with van der Waals surface area (Å²) in [6, 6.07) is 1.66. The van der Waals surface area contributed by atoms with Crippen LogP contribution in [0.5, 0.6) is 0 Å². The summed E-state index contributed by atoms with van der Waals surface area (Å²) in [6.45, 7) is 5.52. The molecule has 0 saturated carbocycles. The maximum Gasteiger partial charge on any atom is 0.409 e. The molecule has 1 aliphatic heterocycles. The van der Waals surface area contributed by atoms with Crippen LogP contribution in [0.1, 0.15) is 23.1 Å². The van der Waals surface area contributed by atoms with Gasteiger partial charge in [-0.1, -0.05) is 0 Å². The lowest BCUT2D eigenvalue weighted by Crippen LogP contribution is -2.52. The Labute approximate surface area is 140 Å². The van der Waals surface area contributed by atoms with Crippen molar-refractivity contribution < 1.29 is 19.1 Å². The zero-order chi connectivity index (χ0) is 17.7. The first kappa shape index (κ1) is 17.8. The maximum atomic E-state index is 12.2. The second kappa shape index (κ2) is 7.80. The van der Waals surface area contributed by atoms with Gasteiger partial charge in [0.05, 0.1) is 18.8 Å². The van der Waals surface area contributed by atoms with Gasteiger partial charge in [0.2, 0.25) is 5.91 Å². The summed E-state index contributed by atoms with van der Waals surface area (Å²) in [6.07, 6.45) is -0.357. The van der Waals surface area contributed by atoms with E-state index in [1.165, 1.54) is 4.68 Å². The third-order valence-corrected chi connectivity index (χ3v) is 3.79. The minimum Gasteiger partial charge on any atom is -0.450 e. The highest BCUT2D eigenvalue weighted by atomic mass is 16.6. The molecule has 0 bridgehead atoms. The zero-order valence-electron chi connectivity index (χ0n) is 14.2. The van der Waals surface area contributed by atoms with Gasteiger partial charge in [0.15, 0.2) is 0 Å². The van der Waals surface area contributed by atoms with Gasteiger partial charge >= 0.3 is 6.09 Å². The average Bonchev–Trinajstić information content (AvgIpc) is 2.91. The van der Waals surface area contributed by atoms with Gasteiger partial charge in [0.25, 0.3) is 5.91 Å². The van der Waals surface area contributed by atoms with Crippen LogP contribution in [0.2, 0.25) is 0 Å². The Kier molecular flexibility index (Phi) is 5.78. The molecule has 1 aromatic heterocycles. The second-order valence-corrected chi connectivity index (χ2v) is 5.54. The van der Waals surface area contributed by atoms with Crippen LogP contribution in [0.3, 0.4) is 0 Å². The number of piperazine rings is 1. The lowest BCUT2D eigenvalue weighted by atomic mass is 10.3. The van der Waals surface area contributed by atoms with Crippen LogP contribution in [-0.2, 0) is 16.6 Å². The molecule has 1 aliphatic rings. The van der Waals surface area contributed by atoms with Gasteiger partial charge in [-0.2, -0.15) is 5.10 Å². The number of hydrogen-bond donors (Lipinski definition) is 1. The van der Waals surface area contributed by atoms with Crippen molar-refractivity contribution in [2.75, 3.05) is 39.3 Å². The molecule has 1 saturated heterocycles. The maximum absolute atomic E-state index is 12.2. The summed E-state index contributed by atoms with van der Waals surface area (Å²) in [4.78, 5) is 39.1. The van der Waals surface area contributed by atoms with E-state index in [1.807, 2.05) is 0 Å². The summed E-state index contributed by atoms with van der Waals surface area (Å²) in [5.74, 6) is -0.512. The standard InChI is InChI=1S/C15H23N5O4/c1-4-24-15(23)20-7-5-19(6-8-20)13(21)10-16-14(22)12-9-11(2)17-18(12)3/h9H,4-8,10H2,1-3H3,(H,16,22). The molecular formula is C15H23N5O4. The molecule has 0 atom stereocenters. The number of carbonyl (C=O) groups excluding carboxylic acids is 3. The van der Waals surface area contributed by atoms with Gasteiger partial charge in [-0.25, -0.2) is 4.79 Å². The zero-order valence-corrected chi connectivity index (χ0v) is 14.2. The van der Waals surface area contributed by atoms with Gasteiger partial charge in [0.1, 0.15) is 5.69 Å². The molecule has 9 heteroatoms. The molecule has 132 valence electrons. The Bertz CT molecular complexity index is 619.